The number of nitro groups is 1. The van der Waals surface area contributed by atoms with Crippen LogP contribution in [0.1, 0.15) is 35.9 Å². The quantitative estimate of drug-likeness (QED) is 0.604. The number of ether oxygens (including phenoxy) is 2. The Kier molecular flexibility index (Phi) is 5.83. The second-order valence-electron chi connectivity index (χ2n) is 5.03. The van der Waals surface area contributed by atoms with Crippen molar-refractivity contribution in [1.29, 1.82) is 0 Å². The van der Waals surface area contributed by atoms with Crippen molar-refractivity contribution in [3.05, 3.63) is 51.8 Å². The molecule has 0 aliphatic heterocycles. The first-order valence-corrected chi connectivity index (χ1v) is 7.55. The Bertz CT molecular complexity index is 781. The summed E-state index contributed by atoms with van der Waals surface area (Å²) in [6, 6.07) is 5.92. The average Bonchev–Trinajstić information content (AvgIpc) is 2.61. The summed E-state index contributed by atoms with van der Waals surface area (Å²) in [4.78, 5) is 31.1. The van der Waals surface area contributed by atoms with Gasteiger partial charge in [-0.3, -0.25) is 14.9 Å². The predicted octanol–water partition coefficient (Wildman–Crippen LogP) is 2.28. The minimum Gasteiger partial charge on any atom is -0.481 e. The highest BCUT2D eigenvalue weighted by atomic mass is 16.6. The molecule has 0 fully saturated rings. The molecule has 0 aliphatic rings. The van der Waals surface area contributed by atoms with E-state index in [1.165, 1.54) is 13.2 Å². The fraction of sp³-hybridized carbons (Fsp3) is 0.312. The minimum absolute atomic E-state index is 0.127. The predicted molar refractivity (Wildman–Crippen MR) is 88.7 cm³/mol. The lowest BCUT2D eigenvalue weighted by atomic mass is 10.1. The Morgan fingerprint density at radius 2 is 2.16 bits per heavy atom. The molecular formula is C16H18N4O5. The van der Waals surface area contributed by atoms with Gasteiger partial charge in [0.1, 0.15) is 11.8 Å². The van der Waals surface area contributed by atoms with Gasteiger partial charge in [-0.15, -0.1) is 0 Å². The highest BCUT2D eigenvalue weighted by molar-refractivity contribution is 5.98. The number of hydrogen-bond donors (Lipinski definition) is 1. The molecular weight excluding hydrogens is 328 g/mol. The zero-order chi connectivity index (χ0) is 18.4. The first kappa shape index (κ1) is 18.1. The van der Waals surface area contributed by atoms with Gasteiger partial charge >= 0.3 is 5.69 Å². The minimum atomic E-state index is -0.661. The molecule has 0 aromatic carbocycles. The summed E-state index contributed by atoms with van der Waals surface area (Å²) in [7, 11) is 1.49. The van der Waals surface area contributed by atoms with Gasteiger partial charge in [0.15, 0.2) is 0 Å². The van der Waals surface area contributed by atoms with Crippen molar-refractivity contribution >= 4 is 11.6 Å². The highest BCUT2D eigenvalue weighted by Gasteiger charge is 2.24. The van der Waals surface area contributed by atoms with Crippen LogP contribution in [0.3, 0.4) is 0 Å². The number of carbonyl (C=O) groups excluding carboxylic acids is 1. The van der Waals surface area contributed by atoms with Crippen LogP contribution in [0.2, 0.25) is 0 Å². The Morgan fingerprint density at radius 3 is 2.80 bits per heavy atom. The van der Waals surface area contributed by atoms with Crippen LogP contribution in [0, 0.1) is 10.1 Å². The van der Waals surface area contributed by atoms with Crippen molar-refractivity contribution in [2.24, 2.45) is 0 Å². The molecule has 0 saturated heterocycles. The molecule has 132 valence electrons. The number of nitrogens with zero attached hydrogens (tertiary/aromatic N) is 3. The van der Waals surface area contributed by atoms with Gasteiger partial charge < -0.3 is 14.8 Å². The van der Waals surface area contributed by atoms with Gasteiger partial charge in [-0.25, -0.2) is 9.97 Å². The van der Waals surface area contributed by atoms with Gasteiger partial charge in [0, 0.05) is 12.1 Å². The molecule has 0 spiro atoms. The zero-order valence-electron chi connectivity index (χ0n) is 14.1. The molecule has 9 nitrogen and oxygen atoms in total. The molecule has 25 heavy (non-hydrogen) atoms. The van der Waals surface area contributed by atoms with E-state index in [-0.39, 0.29) is 11.4 Å². The van der Waals surface area contributed by atoms with E-state index < -0.39 is 22.6 Å². The van der Waals surface area contributed by atoms with Crippen LogP contribution >= 0.6 is 0 Å². The summed E-state index contributed by atoms with van der Waals surface area (Å²) in [6.45, 7) is 3.80. The number of amides is 1. The van der Waals surface area contributed by atoms with Gasteiger partial charge in [0.2, 0.25) is 11.8 Å². The van der Waals surface area contributed by atoms with Crippen molar-refractivity contribution in [2.75, 3.05) is 13.7 Å². The lowest BCUT2D eigenvalue weighted by Crippen LogP contribution is -2.28. The van der Waals surface area contributed by atoms with E-state index in [1.54, 1.807) is 32.0 Å². The van der Waals surface area contributed by atoms with Crippen LogP contribution in [0.5, 0.6) is 11.8 Å². The van der Waals surface area contributed by atoms with Gasteiger partial charge in [0.25, 0.3) is 5.91 Å². The number of aromatic nitrogens is 2. The second-order valence-corrected chi connectivity index (χ2v) is 5.03. The Hall–Kier alpha value is -3.23. The lowest BCUT2D eigenvalue weighted by molar-refractivity contribution is -0.385. The fourth-order valence-corrected chi connectivity index (χ4v) is 2.12. The van der Waals surface area contributed by atoms with Crippen molar-refractivity contribution in [1.82, 2.24) is 15.3 Å². The third kappa shape index (κ3) is 4.40. The molecule has 1 atom stereocenters. The van der Waals surface area contributed by atoms with Gasteiger partial charge in [-0.05, 0) is 19.9 Å². The standard InChI is InChI=1S/C16H18N4O5/c1-4-25-15-8-11(13(9-17-15)20(22)23)16(21)18-10(2)12-6-5-7-14(19-12)24-3/h5-10H,4H2,1-3H3,(H,18,21). The summed E-state index contributed by atoms with van der Waals surface area (Å²) in [6.07, 6.45) is 1.01. The third-order valence-electron chi connectivity index (χ3n) is 3.34. The topological polar surface area (TPSA) is 116 Å². The Labute approximate surface area is 144 Å². The number of pyridine rings is 2. The molecule has 1 N–H and O–H groups in total. The highest BCUT2D eigenvalue weighted by Crippen LogP contribution is 2.23. The molecule has 9 heteroatoms. The van der Waals surface area contributed by atoms with Crippen LogP contribution in [0.15, 0.2) is 30.5 Å². The number of rotatable bonds is 7. The van der Waals surface area contributed by atoms with E-state index in [9.17, 15) is 14.9 Å². The number of methoxy groups -OCH3 is 1. The number of hydrogen-bond acceptors (Lipinski definition) is 7. The maximum atomic E-state index is 12.5. The second kappa shape index (κ2) is 8.04. The third-order valence-corrected chi connectivity index (χ3v) is 3.34. The van der Waals surface area contributed by atoms with Gasteiger partial charge in [0.05, 0.1) is 30.4 Å². The maximum absolute atomic E-state index is 12.5. The number of nitrogens with one attached hydrogen (secondary N) is 1. The zero-order valence-corrected chi connectivity index (χ0v) is 14.1. The number of carbonyl (C=O) groups is 1. The molecule has 2 aromatic heterocycles. The molecule has 0 radical (unpaired) electrons. The fourth-order valence-electron chi connectivity index (χ4n) is 2.12. The first-order chi connectivity index (χ1) is 12.0. The Balaban J connectivity index is 2.26. The SMILES string of the molecule is CCOc1cc(C(=O)NC(C)c2cccc(OC)n2)c([N+](=O)[O-])cn1. The Morgan fingerprint density at radius 1 is 1.40 bits per heavy atom. The summed E-state index contributed by atoms with van der Waals surface area (Å²) in [5.41, 5.74) is 0.0411. The van der Waals surface area contributed by atoms with E-state index >= 15 is 0 Å². The van der Waals surface area contributed by atoms with E-state index in [0.29, 0.717) is 18.2 Å². The van der Waals surface area contributed by atoms with Crippen LogP contribution < -0.4 is 14.8 Å². The van der Waals surface area contributed by atoms with Crippen molar-refractivity contribution < 1.29 is 19.2 Å². The largest absolute Gasteiger partial charge is 0.481 e. The molecule has 2 rings (SSSR count). The van der Waals surface area contributed by atoms with E-state index in [2.05, 4.69) is 15.3 Å². The molecule has 1 unspecified atom stereocenters. The van der Waals surface area contributed by atoms with Crippen molar-refractivity contribution in [2.45, 2.75) is 19.9 Å². The molecule has 0 saturated carbocycles. The van der Waals surface area contributed by atoms with E-state index in [0.717, 1.165) is 6.20 Å². The van der Waals surface area contributed by atoms with Gasteiger partial charge in [-0.1, -0.05) is 6.07 Å². The van der Waals surface area contributed by atoms with Crippen molar-refractivity contribution in [3.8, 4) is 11.8 Å². The van der Waals surface area contributed by atoms with Crippen LogP contribution in [-0.2, 0) is 0 Å². The monoisotopic (exact) mass is 346 g/mol. The molecule has 1 amide bonds. The normalized spacial score (nSPS) is 11.5. The molecule has 0 aliphatic carbocycles. The first-order valence-electron chi connectivity index (χ1n) is 7.55. The summed E-state index contributed by atoms with van der Waals surface area (Å²) in [5, 5.41) is 13.8. The van der Waals surface area contributed by atoms with E-state index in [4.69, 9.17) is 9.47 Å². The van der Waals surface area contributed by atoms with Crippen LogP contribution in [-0.4, -0.2) is 34.5 Å². The molecule has 2 heterocycles. The molecule has 2 aromatic rings. The maximum Gasteiger partial charge on any atom is 0.300 e. The summed E-state index contributed by atoms with van der Waals surface area (Å²) in [5.74, 6) is -0.0651. The van der Waals surface area contributed by atoms with Crippen LogP contribution in [0.25, 0.3) is 0 Å². The molecule has 0 bridgehead atoms. The van der Waals surface area contributed by atoms with E-state index in [1.807, 2.05) is 0 Å². The van der Waals surface area contributed by atoms with Gasteiger partial charge in [-0.2, -0.15) is 0 Å². The van der Waals surface area contributed by atoms with Crippen LogP contribution in [0.4, 0.5) is 5.69 Å². The van der Waals surface area contributed by atoms with Crippen molar-refractivity contribution in [3.63, 3.8) is 0 Å². The lowest BCUT2D eigenvalue weighted by Gasteiger charge is -2.14. The summed E-state index contributed by atoms with van der Waals surface area (Å²) < 4.78 is 10.3. The summed E-state index contributed by atoms with van der Waals surface area (Å²) >= 11 is 0. The average molecular weight is 346 g/mol. The smallest absolute Gasteiger partial charge is 0.300 e.